The van der Waals surface area contributed by atoms with Crippen LogP contribution in [0, 0.1) is 0 Å². The van der Waals surface area contributed by atoms with Crippen LogP contribution in [-0.2, 0) is 14.8 Å². The lowest BCUT2D eigenvalue weighted by atomic mass is 10.2. The van der Waals surface area contributed by atoms with Gasteiger partial charge in [-0.3, -0.25) is 9.10 Å². The van der Waals surface area contributed by atoms with E-state index in [0.717, 1.165) is 42.0 Å². The van der Waals surface area contributed by atoms with Gasteiger partial charge in [-0.2, -0.15) is 5.10 Å². The Morgan fingerprint density at radius 3 is 2.21 bits per heavy atom. The zero-order valence-corrected chi connectivity index (χ0v) is 17.4. The summed E-state index contributed by atoms with van der Waals surface area (Å²) in [6, 6.07) is 14.9. The van der Waals surface area contributed by atoms with Crippen LogP contribution < -0.4 is 14.5 Å². The number of nitrogens with one attached hydrogen (secondary N) is 1. The number of rotatable bonds is 7. The van der Waals surface area contributed by atoms with Gasteiger partial charge in [-0.25, -0.2) is 13.8 Å². The van der Waals surface area contributed by atoms with Gasteiger partial charge < -0.3 is 4.74 Å². The van der Waals surface area contributed by atoms with Crippen molar-refractivity contribution in [3.8, 4) is 11.5 Å². The maximum Gasteiger partial charge on any atom is 0.263 e. The second-order valence-corrected chi connectivity index (χ2v) is 8.86. The molecule has 2 aromatic carbocycles. The van der Waals surface area contributed by atoms with Gasteiger partial charge in [0.1, 0.15) is 17.5 Å². The lowest BCUT2D eigenvalue weighted by Crippen LogP contribution is -2.46. The van der Waals surface area contributed by atoms with Gasteiger partial charge in [0, 0.05) is 5.71 Å². The summed E-state index contributed by atoms with van der Waals surface area (Å²) >= 11 is 0. The van der Waals surface area contributed by atoms with E-state index in [0.29, 0.717) is 17.2 Å². The van der Waals surface area contributed by atoms with E-state index in [1.165, 1.54) is 0 Å². The Morgan fingerprint density at radius 2 is 1.62 bits per heavy atom. The average Bonchev–Trinajstić information content (AvgIpc) is 3.21. The van der Waals surface area contributed by atoms with Crippen LogP contribution in [-0.4, -0.2) is 32.3 Å². The Morgan fingerprint density at radius 1 is 1.03 bits per heavy atom. The quantitative estimate of drug-likeness (QED) is 0.699. The molecule has 1 aliphatic rings. The number of amides is 1. The first-order valence-electron chi connectivity index (χ1n) is 9.52. The Labute approximate surface area is 171 Å². The third-order valence-electron chi connectivity index (χ3n) is 4.66. The molecule has 1 atom stereocenters. The third-order valence-corrected chi connectivity index (χ3v) is 5.91. The summed E-state index contributed by atoms with van der Waals surface area (Å²) in [4.78, 5) is 12.5. The highest BCUT2D eigenvalue weighted by atomic mass is 32.2. The number of carbonyl (C=O) groups excluding carboxylic acids is 1. The first-order chi connectivity index (χ1) is 13.8. The van der Waals surface area contributed by atoms with Gasteiger partial charge in [-0.15, -0.1) is 0 Å². The smallest absolute Gasteiger partial charge is 0.263 e. The molecule has 7 nitrogen and oxygen atoms in total. The van der Waals surface area contributed by atoms with Gasteiger partial charge in [-0.05, 0) is 69.0 Å². The van der Waals surface area contributed by atoms with Gasteiger partial charge in [0.2, 0.25) is 10.0 Å². The molecule has 29 heavy (non-hydrogen) atoms. The Bertz CT molecular complexity index is 965. The van der Waals surface area contributed by atoms with Crippen LogP contribution in [0.5, 0.6) is 11.5 Å². The lowest BCUT2D eigenvalue weighted by Gasteiger charge is -2.27. The molecule has 0 unspecified atom stereocenters. The molecular formula is C21H25N3O4S. The molecule has 8 heteroatoms. The summed E-state index contributed by atoms with van der Waals surface area (Å²) in [6.07, 6.45) is 4.95. The SMILES string of the molecule is C[C@@H](C(=O)NN=C1CCCC1)N(c1ccc(Oc2ccccc2)cc1)S(C)(=O)=O. The van der Waals surface area contributed by atoms with Crippen molar-refractivity contribution in [2.45, 2.75) is 38.6 Å². The molecule has 1 fully saturated rings. The van der Waals surface area contributed by atoms with Crippen LogP contribution in [0.4, 0.5) is 5.69 Å². The van der Waals surface area contributed by atoms with E-state index in [2.05, 4.69) is 10.5 Å². The summed E-state index contributed by atoms with van der Waals surface area (Å²) in [7, 11) is -3.69. The highest BCUT2D eigenvalue weighted by molar-refractivity contribution is 7.92. The van der Waals surface area contributed by atoms with Crippen LogP contribution in [0.3, 0.4) is 0 Å². The van der Waals surface area contributed by atoms with Crippen molar-refractivity contribution in [2.24, 2.45) is 5.10 Å². The van der Waals surface area contributed by atoms with Crippen molar-refractivity contribution >= 4 is 27.3 Å². The highest BCUT2D eigenvalue weighted by Crippen LogP contribution is 2.27. The number of nitrogens with zero attached hydrogens (tertiary/aromatic N) is 2. The third kappa shape index (κ3) is 5.57. The van der Waals surface area contributed by atoms with Crippen LogP contribution in [0.25, 0.3) is 0 Å². The van der Waals surface area contributed by atoms with Gasteiger partial charge >= 0.3 is 0 Å². The fourth-order valence-electron chi connectivity index (χ4n) is 3.22. The largest absolute Gasteiger partial charge is 0.457 e. The van der Waals surface area contributed by atoms with E-state index >= 15 is 0 Å². The fourth-order valence-corrected chi connectivity index (χ4v) is 4.39. The maximum absolute atomic E-state index is 12.5. The maximum atomic E-state index is 12.5. The molecule has 1 amide bonds. The number of hydrogen-bond donors (Lipinski definition) is 1. The number of hydrogen-bond acceptors (Lipinski definition) is 5. The van der Waals surface area contributed by atoms with Crippen LogP contribution >= 0.6 is 0 Å². The average molecular weight is 416 g/mol. The minimum Gasteiger partial charge on any atom is -0.457 e. The molecule has 0 aromatic heterocycles. The van der Waals surface area contributed by atoms with Gasteiger partial charge in [0.25, 0.3) is 5.91 Å². The number of carbonyl (C=O) groups is 1. The number of para-hydroxylation sites is 1. The molecule has 1 N–H and O–H groups in total. The van der Waals surface area contributed by atoms with E-state index in [4.69, 9.17) is 4.74 Å². The van der Waals surface area contributed by atoms with Crippen LogP contribution in [0.15, 0.2) is 59.7 Å². The predicted octanol–water partition coefficient (Wildman–Crippen LogP) is 3.68. The second-order valence-electron chi connectivity index (χ2n) is 7.00. The zero-order chi connectivity index (χ0) is 20.9. The number of sulfonamides is 1. The number of anilines is 1. The number of hydrazone groups is 1. The second kappa shape index (κ2) is 9.09. The van der Waals surface area contributed by atoms with Crippen molar-refractivity contribution in [3.05, 3.63) is 54.6 Å². The molecule has 2 aromatic rings. The Balaban J connectivity index is 1.75. The monoisotopic (exact) mass is 415 g/mol. The molecule has 1 aliphatic carbocycles. The van der Waals surface area contributed by atoms with Crippen LogP contribution in [0.2, 0.25) is 0 Å². The molecule has 0 spiro atoms. The van der Waals surface area contributed by atoms with Gasteiger partial charge in [0.15, 0.2) is 0 Å². The van der Waals surface area contributed by atoms with Crippen molar-refractivity contribution in [3.63, 3.8) is 0 Å². The van der Waals surface area contributed by atoms with Gasteiger partial charge in [0.05, 0.1) is 11.9 Å². The van der Waals surface area contributed by atoms with E-state index in [9.17, 15) is 13.2 Å². The van der Waals surface area contributed by atoms with Crippen molar-refractivity contribution < 1.29 is 17.9 Å². The Hall–Kier alpha value is -2.87. The Kier molecular flexibility index (Phi) is 6.53. The molecule has 0 saturated heterocycles. The first kappa shape index (κ1) is 20.9. The standard InChI is InChI=1S/C21H25N3O4S/c1-16(21(25)23-22-17-8-6-7-9-17)24(29(2,26)27)18-12-14-20(15-13-18)28-19-10-4-3-5-11-19/h3-5,10-16H,6-9H2,1-2H3,(H,23,25)/t16-/m0/s1. The highest BCUT2D eigenvalue weighted by Gasteiger charge is 2.29. The predicted molar refractivity (Wildman–Crippen MR) is 114 cm³/mol. The van der Waals surface area contributed by atoms with Crippen molar-refractivity contribution in [1.82, 2.24) is 5.43 Å². The van der Waals surface area contributed by atoms with Crippen molar-refractivity contribution in [1.29, 1.82) is 0 Å². The molecule has 3 rings (SSSR count). The molecule has 1 saturated carbocycles. The van der Waals surface area contributed by atoms with E-state index in [1.807, 2.05) is 30.3 Å². The molecule has 0 aliphatic heterocycles. The summed E-state index contributed by atoms with van der Waals surface area (Å²) < 4.78 is 31.6. The van der Waals surface area contributed by atoms with E-state index < -0.39 is 22.0 Å². The normalized spacial score (nSPS) is 14.9. The fraction of sp³-hybridized carbons (Fsp3) is 0.333. The number of ether oxygens (including phenoxy) is 1. The summed E-state index contributed by atoms with van der Waals surface area (Å²) in [6.45, 7) is 1.54. The van der Waals surface area contributed by atoms with Crippen molar-refractivity contribution in [2.75, 3.05) is 10.6 Å². The minimum atomic E-state index is -3.69. The molecule has 0 bridgehead atoms. The molecular weight excluding hydrogens is 390 g/mol. The van der Waals surface area contributed by atoms with Gasteiger partial charge in [-0.1, -0.05) is 18.2 Å². The molecule has 154 valence electrons. The van der Waals surface area contributed by atoms with Crippen LogP contribution in [0.1, 0.15) is 32.6 Å². The lowest BCUT2D eigenvalue weighted by molar-refractivity contribution is -0.121. The topological polar surface area (TPSA) is 88.1 Å². The zero-order valence-electron chi connectivity index (χ0n) is 16.5. The molecule has 0 radical (unpaired) electrons. The summed E-state index contributed by atoms with van der Waals surface area (Å²) in [5, 5.41) is 4.14. The number of benzene rings is 2. The van der Waals surface area contributed by atoms with E-state index in [-0.39, 0.29) is 0 Å². The minimum absolute atomic E-state index is 0.379. The summed E-state index contributed by atoms with van der Waals surface area (Å²) in [5.41, 5.74) is 3.83. The first-order valence-corrected chi connectivity index (χ1v) is 11.4. The van der Waals surface area contributed by atoms with E-state index in [1.54, 1.807) is 31.2 Å². The molecule has 0 heterocycles. The summed E-state index contributed by atoms with van der Waals surface area (Å²) in [5.74, 6) is 0.775.